The Balaban J connectivity index is 1.70. The minimum absolute atomic E-state index is 0.000368. The van der Waals surface area contributed by atoms with Crippen LogP contribution in [0.2, 0.25) is 0 Å². The van der Waals surface area contributed by atoms with Crippen LogP contribution in [0.5, 0.6) is 0 Å². The van der Waals surface area contributed by atoms with Crippen LogP contribution in [0.1, 0.15) is 24.4 Å². The van der Waals surface area contributed by atoms with Gasteiger partial charge in [0, 0.05) is 13.2 Å². The molecule has 2 saturated heterocycles. The maximum Gasteiger partial charge on any atom is 0.260 e. The van der Waals surface area contributed by atoms with Crippen molar-refractivity contribution < 1.29 is 9.53 Å². The summed E-state index contributed by atoms with van der Waals surface area (Å²) in [7, 11) is 0. The fraction of sp³-hybridized carbons (Fsp3) is 0.300. The molecule has 0 bridgehead atoms. The first-order valence-corrected chi connectivity index (χ1v) is 9.02. The molecule has 128 valence electrons. The topological polar surface area (TPSA) is 32.8 Å². The molecule has 25 heavy (non-hydrogen) atoms. The number of hydrogen-bond donors (Lipinski definition) is 0. The molecule has 0 aliphatic carbocycles. The SMILES string of the molecule is O=C1[C@@H](c2ccccc2)N(C[C@@H]2CCCO2)C(=S)N1c1ccccc1. The van der Waals surface area contributed by atoms with E-state index in [1.165, 1.54) is 0 Å². The number of para-hydroxylation sites is 1. The summed E-state index contributed by atoms with van der Waals surface area (Å²) in [6, 6.07) is 19.1. The first-order valence-electron chi connectivity index (χ1n) is 8.62. The van der Waals surface area contributed by atoms with Crippen molar-refractivity contribution in [2.45, 2.75) is 25.0 Å². The zero-order valence-electron chi connectivity index (χ0n) is 13.9. The van der Waals surface area contributed by atoms with E-state index in [4.69, 9.17) is 17.0 Å². The van der Waals surface area contributed by atoms with Crippen molar-refractivity contribution in [2.24, 2.45) is 0 Å². The summed E-state index contributed by atoms with van der Waals surface area (Å²) < 4.78 is 5.79. The number of amides is 1. The molecule has 0 radical (unpaired) electrons. The molecule has 2 aromatic carbocycles. The predicted molar refractivity (Wildman–Crippen MR) is 101 cm³/mol. The average molecular weight is 352 g/mol. The number of carbonyl (C=O) groups is 1. The van der Waals surface area contributed by atoms with Crippen molar-refractivity contribution in [2.75, 3.05) is 18.1 Å². The van der Waals surface area contributed by atoms with Crippen LogP contribution in [-0.4, -0.2) is 35.2 Å². The summed E-state index contributed by atoms with van der Waals surface area (Å²) in [6.07, 6.45) is 2.21. The summed E-state index contributed by atoms with van der Waals surface area (Å²) >= 11 is 5.71. The number of carbonyl (C=O) groups excluding carboxylic acids is 1. The normalized spacial score (nSPS) is 23.5. The van der Waals surface area contributed by atoms with Crippen LogP contribution in [0.4, 0.5) is 5.69 Å². The molecule has 2 aliphatic heterocycles. The standard InChI is InChI=1S/C20H20N2O2S/c23-19-18(15-8-3-1-4-9-15)21(14-17-12-7-13-24-17)20(25)22(19)16-10-5-2-6-11-16/h1-6,8-11,17-18H,7,12-14H2/t17-,18+/m0/s1. The molecule has 2 aromatic rings. The van der Waals surface area contributed by atoms with Crippen LogP contribution in [0.3, 0.4) is 0 Å². The van der Waals surface area contributed by atoms with Gasteiger partial charge in [-0.2, -0.15) is 0 Å². The minimum atomic E-state index is -0.391. The van der Waals surface area contributed by atoms with Gasteiger partial charge in [-0.3, -0.25) is 9.69 Å². The van der Waals surface area contributed by atoms with E-state index in [1.54, 1.807) is 4.90 Å². The number of ether oxygens (including phenoxy) is 1. The van der Waals surface area contributed by atoms with Gasteiger partial charge >= 0.3 is 0 Å². The van der Waals surface area contributed by atoms with Crippen molar-refractivity contribution in [3.63, 3.8) is 0 Å². The molecule has 2 atom stereocenters. The van der Waals surface area contributed by atoms with Crippen molar-refractivity contribution >= 4 is 28.9 Å². The van der Waals surface area contributed by atoms with E-state index in [2.05, 4.69) is 0 Å². The Labute approximate surface area is 153 Å². The number of rotatable bonds is 4. The molecule has 2 aliphatic rings. The largest absolute Gasteiger partial charge is 0.376 e. The second kappa shape index (κ2) is 6.94. The highest BCUT2D eigenvalue weighted by Gasteiger charge is 2.44. The number of anilines is 1. The molecule has 4 rings (SSSR count). The maximum absolute atomic E-state index is 13.3. The lowest BCUT2D eigenvalue weighted by Gasteiger charge is -2.26. The molecule has 0 N–H and O–H groups in total. The van der Waals surface area contributed by atoms with E-state index >= 15 is 0 Å². The second-order valence-corrected chi connectivity index (χ2v) is 6.76. The third-order valence-corrected chi connectivity index (χ3v) is 5.17. The highest BCUT2D eigenvalue weighted by Crippen LogP contribution is 2.35. The summed E-state index contributed by atoms with van der Waals surface area (Å²) in [5.41, 5.74) is 1.78. The fourth-order valence-electron chi connectivity index (χ4n) is 3.55. The lowest BCUT2D eigenvalue weighted by atomic mass is 10.1. The lowest BCUT2D eigenvalue weighted by Crippen LogP contribution is -2.37. The Hall–Kier alpha value is -2.24. The predicted octanol–water partition coefficient (Wildman–Crippen LogP) is 3.54. The van der Waals surface area contributed by atoms with Gasteiger partial charge in [0.25, 0.3) is 5.91 Å². The van der Waals surface area contributed by atoms with Crippen molar-refractivity contribution in [3.8, 4) is 0 Å². The molecule has 2 heterocycles. The van der Waals surface area contributed by atoms with Crippen LogP contribution < -0.4 is 4.90 Å². The van der Waals surface area contributed by atoms with Crippen LogP contribution in [0.25, 0.3) is 0 Å². The number of nitrogens with zero attached hydrogens (tertiary/aromatic N) is 2. The number of benzene rings is 2. The molecule has 4 nitrogen and oxygen atoms in total. The molecule has 1 amide bonds. The Morgan fingerprint density at radius 1 is 1.04 bits per heavy atom. The molecule has 0 unspecified atom stereocenters. The Kier molecular flexibility index (Phi) is 4.51. The third-order valence-electron chi connectivity index (χ3n) is 4.76. The average Bonchev–Trinajstić information content (AvgIpc) is 3.24. The first kappa shape index (κ1) is 16.2. The lowest BCUT2D eigenvalue weighted by molar-refractivity contribution is -0.120. The van der Waals surface area contributed by atoms with E-state index in [0.717, 1.165) is 30.7 Å². The molecule has 0 spiro atoms. The molecule has 0 aromatic heterocycles. The minimum Gasteiger partial charge on any atom is -0.376 e. The van der Waals surface area contributed by atoms with E-state index in [1.807, 2.05) is 65.6 Å². The number of hydrogen-bond acceptors (Lipinski definition) is 3. The van der Waals surface area contributed by atoms with Gasteiger partial charge in [-0.25, -0.2) is 0 Å². The summed E-state index contributed by atoms with van der Waals surface area (Å²) in [4.78, 5) is 16.9. The van der Waals surface area contributed by atoms with Gasteiger partial charge in [-0.1, -0.05) is 48.5 Å². The van der Waals surface area contributed by atoms with Gasteiger partial charge in [-0.05, 0) is 42.8 Å². The monoisotopic (exact) mass is 352 g/mol. The van der Waals surface area contributed by atoms with Gasteiger partial charge in [0.1, 0.15) is 6.04 Å². The molecular formula is C20H20N2O2S. The van der Waals surface area contributed by atoms with Crippen LogP contribution >= 0.6 is 12.2 Å². The van der Waals surface area contributed by atoms with Crippen LogP contribution in [0, 0.1) is 0 Å². The smallest absolute Gasteiger partial charge is 0.260 e. The Morgan fingerprint density at radius 3 is 2.36 bits per heavy atom. The summed E-state index contributed by atoms with van der Waals surface area (Å²) in [5, 5.41) is 0.556. The zero-order chi connectivity index (χ0) is 17.2. The van der Waals surface area contributed by atoms with Gasteiger partial charge in [-0.15, -0.1) is 0 Å². The van der Waals surface area contributed by atoms with E-state index in [-0.39, 0.29) is 12.0 Å². The van der Waals surface area contributed by atoms with E-state index in [9.17, 15) is 4.79 Å². The van der Waals surface area contributed by atoms with Crippen molar-refractivity contribution in [3.05, 3.63) is 66.2 Å². The maximum atomic E-state index is 13.3. The molecule has 0 saturated carbocycles. The zero-order valence-corrected chi connectivity index (χ0v) is 14.7. The third kappa shape index (κ3) is 3.05. The highest BCUT2D eigenvalue weighted by molar-refractivity contribution is 7.80. The molecule has 2 fully saturated rings. The highest BCUT2D eigenvalue weighted by atomic mass is 32.1. The molecular weight excluding hydrogens is 332 g/mol. The van der Waals surface area contributed by atoms with Crippen LogP contribution in [-0.2, 0) is 9.53 Å². The second-order valence-electron chi connectivity index (χ2n) is 6.39. The van der Waals surface area contributed by atoms with Crippen molar-refractivity contribution in [1.82, 2.24) is 4.90 Å². The van der Waals surface area contributed by atoms with Crippen molar-refractivity contribution in [1.29, 1.82) is 0 Å². The summed E-state index contributed by atoms with van der Waals surface area (Å²) in [6.45, 7) is 1.44. The van der Waals surface area contributed by atoms with Gasteiger partial charge in [0.15, 0.2) is 5.11 Å². The Morgan fingerprint density at radius 2 is 1.72 bits per heavy atom. The number of thiocarbonyl (C=S) groups is 1. The van der Waals surface area contributed by atoms with Gasteiger partial charge < -0.3 is 9.64 Å². The fourth-order valence-corrected chi connectivity index (χ4v) is 3.93. The summed E-state index contributed by atoms with van der Waals surface area (Å²) in [5.74, 6) is 0.000368. The van der Waals surface area contributed by atoms with Gasteiger partial charge in [0.05, 0.1) is 11.8 Å². The quantitative estimate of drug-likeness (QED) is 0.788. The molecule has 5 heteroatoms. The Bertz CT molecular complexity index is 760. The first-order chi connectivity index (χ1) is 12.3. The van der Waals surface area contributed by atoms with Crippen LogP contribution in [0.15, 0.2) is 60.7 Å². The van der Waals surface area contributed by atoms with E-state index in [0.29, 0.717) is 11.7 Å². The van der Waals surface area contributed by atoms with Gasteiger partial charge in [0.2, 0.25) is 0 Å². The van der Waals surface area contributed by atoms with E-state index < -0.39 is 6.04 Å².